The normalized spacial score (nSPS) is 14.8. The number of hydrogen-bond acceptors (Lipinski definition) is 0. The van der Waals surface area contributed by atoms with Gasteiger partial charge in [0.1, 0.15) is 0 Å². The Morgan fingerprint density at radius 3 is 1.46 bits per heavy atom. The minimum atomic E-state index is -5.71. The van der Waals surface area contributed by atoms with Crippen LogP contribution in [0.15, 0.2) is 0 Å². The van der Waals surface area contributed by atoms with Gasteiger partial charge in [0.2, 0.25) is 0 Å². The van der Waals surface area contributed by atoms with Crippen LogP contribution in [0.25, 0.3) is 0 Å². The first kappa shape index (κ1) is 12.5. The van der Waals surface area contributed by atoms with Crippen LogP contribution < -0.4 is 0 Å². The number of hydrogen-bond donors (Lipinski definition) is 0. The first-order chi connectivity index (χ1) is 5.62. The van der Waals surface area contributed by atoms with Gasteiger partial charge in [-0.15, -0.1) is 0 Å². The summed E-state index contributed by atoms with van der Waals surface area (Å²) in [4.78, 5) is 0. The topological polar surface area (TPSA) is 0 Å². The Hall–Kier alpha value is -0.490. The van der Waals surface area contributed by atoms with Gasteiger partial charge in [0.05, 0.1) is 0 Å². The molecule has 0 fully saturated rings. The summed E-state index contributed by atoms with van der Waals surface area (Å²) in [6.45, 7) is -0.452. The predicted molar refractivity (Wildman–Crippen MR) is 30.8 cm³/mol. The van der Waals surface area contributed by atoms with E-state index in [0.29, 0.717) is 0 Å². The van der Waals surface area contributed by atoms with E-state index < -0.39 is 30.9 Å². The van der Waals surface area contributed by atoms with Gasteiger partial charge >= 0.3 is 17.8 Å². The minimum absolute atomic E-state index is 1.73. The minimum Gasteiger partial charge on any atom is -0.244 e. The fourth-order valence-electron chi connectivity index (χ4n) is 0.508. The third-order valence-corrected chi connectivity index (χ3v) is 1.40. The summed E-state index contributed by atoms with van der Waals surface area (Å²) in [7, 11) is 0. The van der Waals surface area contributed by atoms with Gasteiger partial charge in [-0.1, -0.05) is 0 Å². The highest BCUT2D eigenvalue weighted by molar-refractivity contribution is 4.96. The molecule has 0 saturated heterocycles. The molecule has 0 aromatic rings. The van der Waals surface area contributed by atoms with Crippen LogP contribution in [0.5, 0.6) is 0 Å². The van der Waals surface area contributed by atoms with Crippen molar-refractivity contribution >= 4 is 0 Å². The molecule has 79 valence electrons. The zero-order valence-electron chi connectivity index (χ0n) is 6.27. The summed E-state index contributed by atoms with van der Waals surface area (Å²) in [5.74, 6) is -16.1. The maximum Gasteiger partial charge on any atom is 0.374 e. The van der Waals surface area contributed by atoms with Crippen molar-refractivity contribution in [2.45, 2.75) is 24.2 Å². The van der Waals surface area contributed by atoms with Crippen molar-refractivity contribution in [3.05, 3.63) is 6.92 Å². The third kappa shape index (κ3) is 1.88. The van der Waals surface area contributed by atoms with Gasteiger partial charge in [-0.3, -0.25) is 0 Å². The molecule has 0 unspecified atom stereocenters. The second kappa shape index (κ2) is 3.34. The Balaban J connectivity index is 4.95. The number of alkyl halides is 7. The Morgan fingerprint density at radius 2 is 1.23 bits per heavy atom. The third-order valence-electron chi connectivity index (χ3n) is 1.40. The molecule has 0 aliphatic rings. The van der Waals surface area contributed by atoms with E-state index in [2.05, 4.69) is 6.92 Å². The van der Waals surface area contributed by atoms with E-state index in [1.54, 1.807) is 0 Å². The Kier molecular flexibility index (Phi) is 3.21. The Labute approximate surface area is 69.7 Å². The van der Waals surface area contributed by atoms with Gasteiger partial charge in [-0.2, -0.15) is 26.3 Å². The maximum absolute atomic E-state index is 12.2. The first-order valence-electron chi connectivity index (χ1n) is 3.11. The molecule has 1 radical (unpaired) electrons. The van der Waals surface area contributed by atoms with Crippen molar-refractivity contribution in [2.75, 3.05) is 6.67 Å². The van der Waals surface area contributed by atoms with Crippen LogP contribution in [0.2, 0.25) is 0 Å². The molecule has 13 heavy (non-hydrogen) atoms. The largest absolute Gasteiger partial charge is 0.374 e. The smallest absolute Gasteiger partial charge is 0.244 e. The molecule has 0 nitrogen and oxygen atoms in total. The summed E-state index contributed by atoms with van der Waals surface area (Å²) in [5, 5.41) is 0. The molecule has 0 N–H and O–H groups in total. The van der Waals surface area contributed by atoms with Crippen LogP contribution in [0, 0.1) is 6.92 Å². The summed E-state index contributed by atoms with van der Waals surface area (Å²) in [6.07, 6.45) is -1.73. The summed E-state index contributed by atoms with van der Waals surface area (Å²) < 4.78 is 84.0. The van der Waals surface area contributed by atoms with Crippen molar-refractivity contribution in [1.82, 2.24) is 0 Å². The highest BCUT2D eigenvalue weighted by Crippen LogP contribution is 2.47. The molecule has 0 heterocycles. The van der Waals surface area contributed by atoms with E-state index in [1.807, 2.05) is 0 Å². The van der Waals surface area contributed by atoms with Gasteiger partial charge in [0, 0.05) is 6.42 Å². The standard InChI is InChI=1S/C6H6F7/c1-2-4(8,9)6(12,13)5(10,11)3-7/h1-3H2. The summed E-state index contributed by atoms with van der Waals surface area (Å²) >= 11 is 0. The Morgan fingerprint density at radius 1 is 0.846 bits per heavy atom. The van der Waals surface area contributed by atoms with Crippen molar-refractivity contribution < 1.29 is 30.7 Å². The highest BCUT2D eigenvalue weighted by Gasteiger charge is 2.70. The van der Waals surface area contributed by atoms with Crippen molar-refractivity contribution in [3.8, 4) is 0 Å². The van der Waals surface area contributed by atoms with Crippen LogP contribution in [-0.2, 0) is 0 Å². The number of halogens is 7. The van der Waals surface area contributed by atoms with E-state index >= 15 is 0 Å². The number of rotatable bonds is 4. The van der Waals surface area contributed by atoms with E-state index in [0.717, 1.165) is 0 Å². The molecule has 0 saturated carbocycles. The quantitative estimate of drug-likeness (QED) is 0.627. The van der Waals surface area contributed by atoms with Crippen LogP contribution in [-0.4, -0.2) is 24.4 Å². The molecule has 0 bridgehead atoms. The Bertz CT molecular complexity index is 156. The molecule has 0 spiro atoms. The average molecular weight is 211 g/mol. The molecule has 0 aromatic heterocycles. The lowest BCUT2D eigenvalue weighted by atomic mass is 10.0. The lowest BCUT2D eigenvalue weighted by Gasteiger charge is -2.30. The molecule has 0 aliphatic carbocycles. The summed E-state index contributed by atoms with van der Waals surface area (Å²) in [6, 6.07) is 0. The van der Waals surface area contributed by atoms with E-state index in [1.165, 1.54) is 0 Å². The summed E-state index contributed by atoms with van der Waals surface area (Å²) in [5.41, 5.74) is 0. The van der Waals surface area contributed by atoms with E-state index in [9.17, 15) is 30.7 Å². The van der Waals surface area contributed by atoms with Crippen LogP contribution in [0.4, 0.5) is 30.7 Å². The average Bonchev–Trinajstić information content (AvgIpc) is 2.03. The lowest BCUT2D eigenvalue weighted by Crippen LogP contribution is -2.54. The van der Waals surface area contributed by atoms with Gasteiger partial charge in [-0.05, 0) is 6.92 Å². The molecular formula is C6H6F7. The monoisotopic (exact) mass is 211 g/mol. The van der Waals surface area contributed by atoms with Gasteiger partial charge in [-0.25, -0.2) is 4.39 Å². The van der Waals surface area contributed by atoms with Crippen molar-refractivity contribution in [2.24, 2.45) is 0 Å². The van der Waals surface area contributed by atoms with Gasteiger partial charge in [0.25, 0.3) is 0 Å². The van der Waals surface area contributed by atoms with E-state index in [4.69, 9.17) is 0 Å². The molecule has 7 heteroatoms. The second-order valence-electron chi connectivity index (χ2n) is 2.37. The van der Waals surface area contributed by atoms with Crippen LogP contribution in [0.3, 0.4) is 0 Å². The maximum atomic E-state index is 12.2. The lowest BCUT2D eigenvalue weighted by molar-refractivity contribution is -0.310. The predicted octanol–water partition coefficient (Wildman–Crippen LogP) is 3.09. The second-order valence-corrected chi connectivity index (χ2v) is 2.37. The zero-order valence-corrected chi connectivity index (χ0v) is 6.27. The van der Waals surface area contributed by atoms with Crippen molar-refractivity contribution in [3.63, 3.8) is 0 Å². The zero-order chi connectivity index (χ0) is 10.9. The van der Waals surface area contributed by atoms with Crippen molar-refractivity contribution in [1.29, 1.82) is 0 Å². The highest BCUT2D eigenvalue weighted by atomic mass is 19.3. The van der Waals surface area contributed by atoms with Crippen LogP contribution >= 0.6 is 0 Å². The van der Waals surface area contributed by atoms with E-state index in [-0.39, 0.29) is 0 Å². The van der Waals surface area contributed by atoms with Gasteiger partial charge < -0.3 is 0 Å². The van der Waals surface area contributed by atoms with Gasteiger partial charge in [0.15, 0.2) is 6.67 Å². The fraction of sp³-hybridized carbons (Fsp3) is 0.833. The SMILES string of the molecule is [CH2]CC(F)(F)C(F)(F)C(F)(F)CF. The molecule has 0 aromatic carbocycles. The molecule has 0 aliphatic heterocycles. The molecule has 0 rings (SSSR count). The molecule has 0 amide bonds. The van der Waals surface area contributed by atoms with Crippen LogP contribution in [0.1, 0.15) is 6.42 Å². The molecular weight excluding hydrogens is 205 g/mol. The molecule has 0 atom stereocenters. The first-order valence-corrected chi connectivity index (χ1v) is 3.11. The fourth-order valence-corrected chi connectivity index (χ4v) is 0.508.